The number of nitrogens with zero attached hydrogens (tertiary/aromatic N) is 3. The maximum Gasteiger partial charge on any atom is 0.160 e. The summed E-state index contributed by atoms with van der Waals surface area (Å²) >= 11 is 0. The number of benzene rings is 9. The van der Waals surface area contributed by atoms with Crippen LogP contribution in [0.4, 0.5) is 17.1 Å². The first-order valence-corrected chi connectivity index (χ1v) is 21.5. The van der Waals surface area contributed by atoms with E-state index < -0.39 is 5.41 Å². The number of para-hydroxylation sites is 3. The summed E-state index contributed by atoms with van der Waals surface area (Å²) in [5, 5.41) is 2.20. The summed E-state index contributed by atoms with van der Waals surface area (Å²) in [5.41, 5.74) is 19.3. The highest BCUT2D eigenvalue weighted by molar-refractivity contribution is 6.06. The molecule has 11 aromatic rings. The van der Waals surface area contributed by atoms with Gasteiger partial charge in [-0.3, -0.25) is 0 Å². The van der Waals surface area contributed by atoms with Gasteiger partial charge in [0.1, 0.15) is 11.2 Å². The van der Waals surface area contributed by atoms with E-state index in [0.29, 0.717) is 5.82 Å². The highest BCUT2D eigenvalue weighted by atomic mass is 16.3. The Morgan fingerprint density at radius 1 is 0.349 bits per heavy atom. The molecule has 4 nitrogen and oxygen atoms in total. The van der Waals surface area contributed by atoms with Crippen LogP contribution in [0.3, 0.4) is 0 Å². The fraction of sp³-hybridized carbons (Fsp3) is 0.0169. The Balaban J connectivity index is 0.962. The van der Waals surface area contributed by atoms with E-state index in [1.54, 1.807) is 0 Å². The third-order valence-electron chi connectivity index (χ3n) is 13.1. The Morgan fingerprint density at radius 3 is 1.67 bits per heavy atom. The van der Waals surface area contributed by atoms with Crippen LogP contribution in [0.5, 0.6) is 0 Å². The predicted molar refractivity (Wildman–Crippen MR) is 257 cm³/mol. The van der Waals surface area contributed by atoms with E-state index in [1.165, 1.54) is 44.8 Å². The van der Waals surface area contributed by atoms with Crippen molar-refractivity contribution in [2.75, 3.05) is 4.90 Å². The zero-order chi connectivity index (χ0) is 41.5. The van der Waals surface area contributed by atoms with Gasteiger partial charge in [0, 0.05) is 33.2 Å². The Kier molecular flexibility index (Phi) is 7.79. The number of furan rings is 1. The van der Waals surface area contributed by atoms with Crippen LogP contribution in [-0.2, 0) is 5.41 Å². The van der Waals surface area contributed by atoms with Crippen LogP contribution in [0.25, 0.3) is 78.1 Å². The molecule has 294 valence electrons. The molecule has 0 saturated carbocycles. The van der Waals surface area contributed by atoms with E-state index in [-0.39, 0.29) is 0 Å². The third kappa shape index (κ3) is 5.35. The van der Waals surface area contributed by atoms with Crippen LogP contribution in [0.2, 0.25) is 0 Å². The van der Waals surface area contributed by atoms with E-state index in [2.05, 4.69) is 205 Å². The summed E-state index contributed by atoms with van der Waals surface area (Å²) < 4.78 is 6.30. The monoisotopic (exact) mass is 803 g/mol. The second kappa shape index (κ2) is 13.8. The van der Waals surface area contributed by atoms with Crippen LogP contribution >= 0.6 is 0 Å². The van der Waals surface area contributed by atoms with E-state index in [1.807, 2.05) is 24.3 Å². The second-order valence-electron chi connectivity index (χ2n) is 16.5. The molecule has 1 aliphatic heterocycles. The van der Waals surface area contributed by atoms with Gasteiger partial charge in [-0.15, -0.1) is 0 Å². The molecular formula is C59H37N3O. The average molecular weight is 804 g/mol. The summed E-state index contributed by atoms with van der Waals surface area (Å²) in [7, 11) is 0. The Hall–Kier alpha value is -8.34. The Morgan fingerprint density at radius 2 is 0.905 bits per heavy atom. The van der Waals surface area contributed by atoms with Crippen molar-refractivity contribution < 1.29 is 4.42 Å². The number of rotatable bonds is 5. The van der Waals surface area contributed by atoms with Crippen molar-refractivity contribution >= 4 is 39.0 Å². The molecule has 13 rings (SSSR count). The maximum absolute atomic E-state index is 6.30. The number of aromatic nitrogens is 2. The lowest BCUT2D eigenvalue weighted by atomic mass is 9.64. The van der Waals surface area contributed by atoms with E-state index >= 15 is 0 Å². The van der Waals surface area contributed by atoms with Crippen molar-refractivity contribution in [2.24, 2.45) is 0 Å². The van der Waals surface area contributed by atoms with Gasteiger partial charge in [-0.1, -0.05) is 170 Å². The van der Waals surface area contributed by atoms with Crippen LogP contribution in [0.15, 0.2) is 229 Å². The van der Waals surface area contributed by atoms with E-state index in [0.717, 1.165) is 66.8 Å². The van der Waals surface area contributed by atoms with Gasteiger partial charge < -0.3 is 9.32 Å². The van der Waals surface area contributed by atoms with Gasteiger partial charge in [0.05, 0.1) is 28.2 Å². The summed E-state index contributed by atoms with van der Waals surface area (Å²) in [5.74, 6) is 0.668. The molecule has 1 aliphatic carbocycles. The Bertz CT molecular complexity index is 3530. The zero-order valence-electron chi connectivity index (χ0n) is 34.1. The molecule has 3 heterocycles. The number of fused-ring (bicyclic) bond motifs is 12. The molecule has 0 radical (unpaired) electrons. The fourth-order valence-electron chi connectivity index (χ4n) is 10.3. The maximum atomic E-state index is 6.30. The lowest BCUT2D eigenvalue weighted by Crippen LogP contribution is -2.36. The summed E-state index contributed by atoms with van der Waals surface area (Å²) in [6, 6.07) is 80.4. The van der Waals surface area contributed by atoms with Gasteiger partial charge in [0.15, 0.2) is 5.82 Å². The highest BCUT2D eigenvalue weighted by Gasteiger charge is 2.51. The molecule has 2 aliphatic rings. The van der Waals surface area contributed by atoms with Crippen molar-refractivity contribution in [3.8, 4) is 56.2 Å². The third-order valence-corrected chi connectivity index (χ3v) is 13.1. The van der Waals surface area contributed by atoms with Gasteiger partial charge in [-0.2, -0.15) is 0 Å². The molecule has 0 fully saturated rings. The van der Waals surface area contributed by atoms with Gasteiger partial charge in [0.2, 0.25) is 0 Å². The number of hydrogen-bond donors (Lipinski definition) is 0. The average Bonchev–Trinajstić information content (AvgIpc) is 3.88. The van der Waals surface area contributed by atoms with Crippen molar-refractivity contribution in [3.63, 3.8) is 0 Å². The minimum Gasteiger partial charge on any atom is -0.456 e. The largest absolute Gasteiger partial charge is 0.456 e. The fourth-order valence-corrected chi connectivity index (χ4v) is 10.3. The molecule has 4 heteroatoms. The van der Waals surface area contributed by atoms with E-state index in [4.69, 9.17) is 14.4 Å². The zero-order valence-corrected chi connectivity index (χ0v) is 34.1. The van der Waals surface area contributed by atoms with Gasteiger partial charge in [0.25, 0.3) is 0 Å². The quantitative estimate of drug-likeness (QED) is 0.174. The van der Waals surface area contributed by atoms with Crippen LogP contribution in [-0.4, -0.2) is 9.97 Å². The first-order chi connectivity index (χ1) is 31.2. The van der Waals surface area contributed by atoms with Crippen LogP contribution in [0.1, 0.15) is 22.3 Å². The standard InChI is InChI=1S/C59H37N3O/c1-3-15-39(16-4-1)52-37-53(42-31-33-47-46-21-9-14-26-56(46)63-57(47)36-42)61-58(60-52)40-29-27-38(28-30-40)41-32-34-55-51(35-41)59(48-22-10-7-19-44(48)45-20-8-11-23-49(45)59)50-24-12-13-25-54(50)62(55)43-17-5-2-6-18-43/h1-37H. The lowest BCUT2D eigenvalue weighted by molar-refractivity contribution is 0.669. The molecule has 0 amide bonds. The van der Waals surface area contributed by atoms with Crippen molar-refractivity contribution in [3.05, 3.63) is 247 Å². The highest BCUT2D eigenvalue weighted by Crippen LogP contribution is 2.63. The minimum atomic E-state index is -0.520. The summed E-state index contributed by atoms with van der Waals surface area (Å²) in [4.78, 5) is 12.8. The Labute approximate surface area is 365 Å². The number of hydrogen-bond acceptors (Lipinski definition) is 4. The normalized spacial score (nSPS) is 13.2. The first-order valence-electron chi connectivity index (χ1n) is 21.5. The summed E-state index contributed by atoms with van der Waals surface area (Å²) in [6.07, 6.45) is 0. The molecule has 2 aromatic heterocycles. The van der Waals surface area contributed by atoms with E-state index in [9.17, 15) is 0 Å². The topological polar surface area (TPSA) is 42.2 Å². The molecule has 0 unspecified atom stereocenters. The van der Waals surface area contributed by atoms with Gasteiger partial charge in [-0.05, 0) is 99.1 Å². The predicted octanol–water partition coefficient (Wildman–Crippen LogP) is 15.2. The van der Waals surface area contributed by atoms with Crippen molar-refractivity contribution in [1.82, 2.24) is 9.97 Å². The first kappa shape index (κ1) is 35.4. The number of anilines is 3. The molecule has 0 N–H and O–H groups in total. The molecule has 0 bridgehead atoms. The molecule has 0 atom stereocenters. The smallest absolute Gasteiger partial charge is 0.160 e. The van der Waals surface area contributed by atoms with Gasteiger partial charge >= 0.3 is 0 Å². The molecule has 1 spiro atoms. The van der Waals surface area contributed by atoms with Crippen LogP contribution in [0, 0.1) is 0 Å². The molecule has 9 aromatic carbocycles. The van der Waals surface area contributed by atoms with Crippen LogP contribution < -0.4 is 4.90 Å². The van der Waals surface area contributed by atoms with Crippen molar-refractivity contribution in [1.29, 1.82) is 0 Å². The molecule has 63 heavy (non-hydrogen) atoms. The van der Waals surface area contributed by atoms with Crippen molar-refractivity contribution in [2.45, 2.75) is 5.41 Å². The molecule has 0 saturated heterocycles. The van der Waals surface area contributed by atoms with Gasteiger partial charge in [-0.25, -0.2) is 9.97 Å². The SMILES string of the molecule is c1ccc(-c2cc(-c3ccc4c(c3)oc3ccccc34)nc(-c3ccc(-c4ccc5c(c4)C4(c6ccccc6-c6ccccc64)c4ccccc4N5c4ccccc4)cc3)n2)cc1. The second-order valence-corrected chi connectivity index (χ2v) is 16.5. The minimum absolute atomic E-state index is 0.520. The summed E-state index contributed by atoms with van der Waals surface area (Å²) in [6.45, 7) is 0. The molecular weight excluding hydrogens is 767 g/mol. The lowest BCUT2D eigenvalue weighted by Gasteiger charge is -2.45.